The van der Waals surface area contributed by atoms with Gasteiger partial charge < -0.3 is 10.1 Å². The second-order valence-corrected chi connectivity index (χ2v) is 10.2. The average Bonchev–Trinajstić information content (AvgIpc) is 3.73. The third-order valence-electron chi connectivity index (χ3n) is 6.50. The number of halogens is 2. The fourth-order valence-electron chi connectivity index (χ4n) is 4.32. The monoisotopic (exact) mass is 632 g/mol. The van der Waals surface area contributed by atoms with Gasteiger partial charge >= 0.3 is 6.09 Å². The highest BCUT2D eigenvalue weighted by Crippen LogP contribution is 2.30. The molecule has 2 N–H and O–H groups in total. The van der Waals surface area contributed by atoms with Gasteiger partial charge in [0.05, 0.1) is 30.2 Å². The molecule has 0 saturated heterocycles. The van der Waals surface area contributed by atoms with Gasteiger partial charge in [-0.2, -0.15) is 14.9 Å². The summed E-state index contributed by atoms with van der Waals surface area (Å²) in [4.78, 5) is 24.8. The van der Waals surface area contributed by atoms with Crippen LogP contribution in [0, 0.1) is 0 Å². The number of benzene rings is 2. The summed E-state index contributed by atoms with van der Waals surface area (Å²) in [5.41, 5.74) is 4.39. The van der Waals surface area contributed by atoms with E-state index in [0.29, 0.717) is 46.2 Å². The molecule has 1 atom stereocenters. The number of carbonyl (C=O) groups is 2. The molecule has 2 amide bonds. The summed E-state index contributed by atoms with van der Waals surface area (Å²) < 4.78 is 7.92. The molecule has 0 aliphatic rings. The van der Waals surface area contributed by atoms with Crippen LogP contribution >= 0.6 is 23.2 Å². The number of carbonyl (C=O) groups excluding carboxylic acids is 2. The smallest absolute Gasteiger partial charge is 0.411 e. The van der Waals surface area contributed by atoms with Crippen molar-refractivity contribution < 1.29 is 14.3 Å². The van der Waals surface area contributed by atoms with E-state index in [1.54, 1.807) is 59.3 Å². The van der Waals surface area contributed by atoms with Gasteiger partial charge in [0.2, 0.25) is 5.91 Å². The first-order valence-electron chi connectivity index (χ1n) is 13.3. The van der Waals surface area contributed by atoms with Crippen molar-refractivity contribution in [2.45, 2.75) is 25.9 Å². The lowest BCUT2D eigenvalue weighted by Gasteiger charge is -2.17. The topological polar surface area (TPSA) is 155 Å². The van der Waals surface area contributed by atoms with Gasteiger partial charge in [0, 0.05) is 47.1 Å². The molecule has 0 radical (unpaired) electrons. The molecule has 3 aromatic heterocycles. The Morgan fingerprint density at radius 3 is 2.59 bits per heavy atom. The highest BCUT2D eigenvalue weighted by Gasteiger charge is 2.20. The van der Waals surface area contributed by atoms with Crippen molar-refractivity contribution in [2.24, 2.45) is 0 Å². The quantitative estimate of drug-likeness (QED) is 0.204. The van der Waals surface area contributed by atoms with E-state index >= 15 is 0 Å². The first kappa shape index (κ1) is 30.3. The molecule has 224 valence electrons. The second-order valence-electron chi connectivity index (χ2n) is 9.39. The molecule has 3 heterocycles. The number of anilines is 1. The van der Waals surface area contributed by atoms with E-state index in [4.69, 9.17) is 23.2 Å². The molecule has 15 heteroatoms. The maximum atomic E-state index is 13.3. The van der Waals surface area contributed by atoms with E-state index in [0.717, 1.165) is 11.3 Å². The summed E-state index contributed by atoms with van der Waals surface area (Å²) >= 11 is 12.7. The third-order valence-corrected chi connectivity index (χ3v) is 7.02. The van der Waals surface area contributed by atoms with Gasteiger partial charge in [-0.3, -0.25) is 14.8 Å². The Kier molecular flexibility index (Phi) is 9.57. The van der Waals surface area contributed by atoms with Crippen molar-refractivity contribution in [1.82, 2.24) is 45.5 Å². The largest absolute Gasteiger partial charge is 0.453 e. The number of aryl methyl sites for hydroxylation is 1. The third kappa shape index (κ3) is 7.43. The maximum absolute atomic E-state index is 13.3. The molecule has 13 nitrogen and oxygen atoms in total. The molecule has 0 fully saturated rings. The van der Waals surface area contributed by atoms with Crippen LogP contribution in [0.2, 0.25) is 10.2 Å². The van der Waals surface area contributed by atoms with Gasteiger partial charge in [-0.05, 0) is 71.5 Å². The van der Waals surface area contributed by atoms with E-state index in [9.17, 15) is 9.59 Å². The number of nitrogens with zero attached hydrogens (tertiary/aromatic N) is 8. The Hall–Kier alpha value is -5.14. The van der Waals surface area contributed by atoms with Crippen LogP contribution in [0.3, 0.4) is 0 Å². The lowest BCUT2D eigenvalue weighted by atomic mass is 10.0. The molecule has 0 bridgehead atoms. The first-order valence-corrected chi connectivity index (χ1v) is 14.1. The second kappa shape index (κ2) is 13.9. The molecule has 2 aromatic carbocycles. The lowest BCUT2D eigenvalue weighted by Crippen LogP contribution is -2.29. The molecule has 44 heavy (non-hydrogen) atoms. The Morgan fingerprint density at radius 2 is 1.89 bits per heavy atom. The van der Waals surface area contributed by atoms with E-state index in [-0.39, 0.29) is 11.1 Å². The van der Waals surface area contributed by atoms with Crippen LogP contribution in [0.5, 0.6) is 0 Å². The molecular weight excluding hydrogens is 607 g/mol. The number of tetrazole rings is 1. The minimum absolute atomic E-state index is 0.179. The molecule has 0 spiro atoms. The summed E-state index contributed by atoms with van der Waals surface area (Å²) in [7, 11) is 1.29. The average molecular weight is 634 g/mol. The van der Waals surface area contributed by atoms with E-state index in [2.05, 4.69) is 46.2 Å². The first-order chi connectivity index (χ1) is 21.3. The van der Waals surface area contributed by atoms with Crippen molar-refractivity contribution in [3.8, 4) is 16.8 Å². The molecule has 0 aliphatic heterocycles. The molecule has 0 saturated carbocycles. The van der Waals surface area contributed by atoms with Crippen LogP contribution in [0.15, 0.2) is 73.2 Å². The van der Waals surface area contributed by atoms with Crippen LogP contribution in [0.4, 0.5) is 10.5 Å². The minimum Gasteiger partial charge on any atom is -0.453 e. The molecule has 0 aliphatic carbocycles. The standard InChI is InChI=1S/C29H26Cl2N10O3/c1-3-40-13-12-22(37-40)15-24(34-27(42)11-6-19-14-20(30)7-10-26(19)41-17-32-38-39-41)25-16-23(28(31)36-35-25)18-4-8-21(9-5-18)33-29(43)44-2/h4-14,16-17,24H,3,15H2,1-2H3,(H,33,43)(H,34,42)/b11-6+. The Labute approximate surface area is 261 Å². The van der Waals surface area contributed by atoms with Crippen LogP contribution in [0.25, 0.3) is 22.9 Å². The van der Waals surface area contributed by atoms with Crippen LogP contribution in [-0.4, -0.2) is 59.3 Å². The number of amides is 2. The molecule has 5 rings (SSSR count). The highest BCUT2D eigenvalue weighted by atomic mass is 35.5. The van der Waals surface area contributed by atoms with E-state index in [1.165, 1.54) is 24.2 Å². The lowest BCUT2D eigenvalue weighted by molar-refractivity contribution is -0.117. The van der Waals surface area contributed by atoms with E-state index < -0.39 is 12.1 Å². The van der Waals surface area contributed by atoms with Crippen LogP contribution in [0.1, 0.15) is 29.9 Å². The number of hydrogen-bond acceptors (Lipinski definition) is 9. The molecular formula is C29H26Cl2N10O3. The predicted octanol–water partition coefficient (Wildman–Crippen LogP) is 4.93. The summed E-state index contributed by atoms with van der Waals surface area (Å²) in [6.07, 6.45) is 6.11. The van der Waals surface area contributed by atoms with Gasteiger partial charge in [0.25, 0.3) is 0 Å². The van der Waals surface area contributed by atoms with Gasteiger partial charge in [-0.1, -0.05) is 35.3 Å². The van der Waals surface area contributed by atoms with Crippen molar-refractivity contribution in [3.63, 3.8) is 0 Å². The van der Waals surface area contributed by atoms with Crippen molar-refractivity contribution >= 4 is 47.0 Å². The zero-order chi connectivity index (χ0) is 31.1. The SMILES string of the molecule is CCn1ccc(CC(NC(=O)/C=C/c2cc(Cl)ccc2-n2cnnn2)c2cc(-c3ccc(NC(=O)OC)cc3)c(Cl)nn2)n1. The minimum atomic E-state index is -0.602. The van der Waals surface area contributed by atoms with Crippen molar-refractivity contribution in [1.29, 1.82) is 0 Å². The normalized spacial score (nSPS) is 11.8. The van der Waals surface area contributed by atoms with Crippen LogP contribution < -0.4 is 10.6 Å². The van der Waals surface area contributed by atoms with Gasteiger partial charge in [-0.15, -0.1) is 10.2 Å². The zero-order valence-corrected chi connectivity index (χ0v) is 25.1. The zero-order valence-electron chi connectivity index (χ0n) is 23.6. The highest BCUT2D eigenvalue weighted by molar-refractivity contribution is 6.32. The van der Waals surface area contributed by atoms with Gasteiger partial charge in [0.1, 0.15) is 6.33 Å². The number of hydrogen-bond donors (Lipinski definition) is 2. The summed E-state index contributed by atoms with van der Waals surface area (Å²) in [6, 6.07) is 15.2. The number of ether oxygens (including phenoxy) is 1. The van der Waals surface area contributed by atoms with Gasteiger partial charge in [0.15, 0.2) is 5.15 Å². The van der Waals surface area contributed by atoms with Crippen LogP contribution in [-0.2, 0) is 22.5 Å². The summed E-state index contributed by atoms with van der Waals surface area (Å²) in [5.74, 6) is -0.385. The number of rotatable bonds is 10. The fraction of sp³-hybridized carbons (Fsp3) is 0.172. The Bertz CT molecular complexity index is 1790. The maximum Gasteiger partial charge on any atom is 0.411 e. The predicted molar refractivity (Wildman–Crippen MR) is 164 cm³/mol. The number of nitrogens with one attached hydrogen (secondary N) is 2. The van der Waals surface area contributed by atoms with Crippen molar-refractivity contribution in [2.75, 3.05) is 12.4 Å². The fourth-order valence-corrected chi connectivity index (χ4v) is 4.70. The summed E-state index contributed by atoms with van der Waals surface area (Å²) in [6.45, 7) is 2.69. The molecule has 1 unspecified atom stereocenters. The number of aromatic nitrogens is 8. The Balaban J connectivity index is 1.43. The summed E-state index contributed by atoms with van der Waals surface area (Å²) in [5, 5.41) is 30.6. The van der Waals surface area contributed by atoms with Gasteiger partial charge in [-0.25, -0.2) is 4.79 Å². The number of methoxy groups -OCH3 is 1. The van der Waals surface area contributed by atoms with E-state index in [1.807, 2.05) is 19.2 Å². The Morgan fingerprint density at radius 1 is 1.07 bits per heavy atom. The molecule has 5 aromatic rings. The van der Waals surface area contributed by atoms with Crippen molar-refractivity contribution in [3.05, 3.63) is 100 Å².